The Balaban J connectivity index is 2.01. The number of hydrogen-bond acceptors (Lipinski definition) is 4. The molecule has 2 aromatic rings. The van der Waals surface area contributed by atoms with Gasteiger partial charge < -0.3 is 10.5 Å². The van der Waals surface area contributed by atoms with Gasteiger partial charge in [-0.05, 0) is 13.0 Å². The van der Waals surface area contributed by atoms with Gasteiger partial charge in [0.1, 0.15) is 6.61 Å². The molecule has 0 aliphatic rings. The van der Waals surface area contributed by atoms with Crippen LogP contribution in [0.3, 0.4) is 0 Å². The largest absolute Gasteiger partial charge is 0.486 e. The van der Waals surface area contributed by atoms with E-state index in [2.05, 4.69) is 10.1 Å². The maximum absolute atomic E-state index is 5.64. The number of nitrogens with zero attached hydrogens (tertiary/aromatic N) is 3. The van der Waals surface area contributed by atoms with Gasteiger partial charge in [-0.3, -0.25) is 9.67 Å². The lowest BCUT2D eigenvalue weighted by Gasteiger charge is -2.07. The van der Waals surface area contributed by atoms with Crippen LogP contribution in [0.2, 0.25) is 0 Å². The lowest BCUT2D eigenvalue weighted by molar-refractivity contribution is 0.304. The van der Waals surface area contributed by atoms with Crippen LogP contribution in [0.25, 0.3) is 0 Å². The first kappa shape index (κ1) is 11.6. The predicted molar refractivity (Wildman–Crippen MR) is 64.4 cm³/mol. The summed E-state index contributed by atoms with van der Waals surface area (Å²) in [6.07, 6.45) is 5.32. The molecule has 0 fully saturated rings. The molecule has 0 spiro atoms. The normalized spacial score (nSPS) is 10.5. The molecular weight excluding hydrogens is 216 g/mol. The number of aromatic nitrogens is 3. The van der Waals surface area contributed by atoms with Crippen molar-refractivity contribution in [2.45, 2.75) is 26.6 Å². The molecular formula is C12H16N4O. The van der Waals surface area contributed by atoms with E-state index in [1.165, 1.54) is 0 Å². The van der Waals surface area contributed by atoms with E-state index in [1.807, 2.05) is 29.9 Å². The zero-order chi connectivity index (χ0) is 12.1. The van der Waals surface area contributed by atoms with Crippen LogP contribution in [0.5, 0.6) is 5.75 Å². The zero-order valence-corrected chi connectivity index (χ0v) is 9.84. The summed E-state index contributed by atoms with van der Waals surface area (Å²) < 4.78 is 7.46. The van der Waals surface area contributed by atoms with Gasteiger partial charge in [-0.1, -0.05) is 6.07 Å². The Morgan fingerprint density at radius 2 is 2.35 bits per heavy atom. The molecule has 2 rings (SSSR count). The molecule has 0 amide bonds. The minimum absolute atomic E-state index is 0.424. The first-order valence-electron chi connectivity index (χ1n) is 5.61. The molecule has 2 aromatic heterocycles. The molecule has 17 heavy (non-hydrogen) atoms. The van der Waals surface area contributed by atoms with Gasteiger partial charge in [0.15, 0.2) is 5.75 Å². The molecule has 0 aromatic carbocycles. The second-order valence-corrected chi connectivity index (χ2v) is 3.63. The molecule has 5 nitrogen and oxygen atoms in total. The molecule has 0 bridgehead atoms. The van der Waals surface area contributed by atoms with E-state index in [1.54, 1.807) is 12.4 Å². The number of hydrogen-bond donors (Lipinski definition) is 1. The van der Waals surface area contributed by atoms with Gasteiger partial charge in [0.2, 0.25) is 0 Å². The number of ether oxygens (including phenoxy) is 1. The van der Waals surface area contributed by atoms with Crippen LogP contribution in [-0.4, -0.2) is 14.8 Å². The highest BCUT2D eigenvalue weighted by Gasteiger charge is 2.03. The van der Waals surface area contributed by atoms with Crippen molar-refractivity contribution in [3.8, 4) is 5.75 Å². The van der Waals surface area contributed by atoms with E-state index >= 15 is 0 Å². The summed E-state index contributed by atoms with van der Waals surface area (Å²) in [7, 11) is 0. The summed E-state index contributed by atoms with van der Waals surface area (Å²) in [6, 6.07) is 3.85. The average Bonchev–Trinajstić information content (AvgIpc) is 2.84. The van der Waals surface area contributed by atoms with E-state index in [0.717, 1.165) is 23.6 Å². The van der Waals surface area contributed by atoms with E-state index in [9.17, 15) is 0 Å². The second-order valence-electron chi connectivity index (χ2n) is 3.63. The van der Waals surface area contributed by atoms with Crippen molar-refractivity contribution < 1.29 is 4.74 Å². The maximum Gasteiger partial charge on any atom is 0.157 e. The first-order chi connectivity index (χ1) is 8.33. The summed E-state index contributed by atoms with van der Waals surface area (Å²) in [4.78, 5) is 4.21. The minimum Gasteiger partial charge on any atom is -0.486 e. The van der Waals surface area contributed by atoms with Crippen LogP contribution in [0.4, 0.5) is 0 Å². The number of aryl methyl sites for hydroxylation is 1. The van der Waals surface area contributed by atoms with E-state index in [4.69, 9.17) is 10.5 Å². The SMILES string of the molecule is CCn1cc(OCc2cccnc2CN)cn1. The van der Waals surface area contributed by atoms with E-state index in [-0.39, 0.29) is 0 Å². The number of pyridine rings is 1. The fourth-order valence-corrected chi connectivity index (χ4v) is 1.54. The molecule has 90 valence electrons. The van der Waals surface area contributed by atoms with Gasteiger partial charge >= 0.3 is 0 Å². The molecule has 0 saturated carbocycles. The molecule has 5 heteroatoms. The van der Waals surface area contributed by atoms with Crippen molar-refractivity contribution in [3.63, 3.8) is 0 Å². The predicted octanol–water partition coefficient (Wildman–Crippen LogP) is 1.34. The summed E-state index contributed by atoms with van der Waals surface area (Å²) in [5.74, 6) is 0.763. The van der Waals surface area contributed by atoms with Crippen LogP contribution in [-0.2, 0) is 19.7 Å². The third-order valence-corrected chi connectivity index (χ3v) is 2.51. The Hall–Kier alpha value is -1.88. The second kappa shape index (κ2) is 5.45. The number of nitrogens with two attached hydrogens (primary N) is 1. The zero-order valence-electron chi connectivity index (χ0n) is 9.84. The Labute approximate surface area is 100 Å². The van der Waals surface area contributed by atoms with Crippen LogP contribution < -0.4 is 10.5 Å². The van der Waals surface area contributed by atoms with Crippen molar-refractivity contribution in [1.82, 2.24) is 14.8 Å². The van der Waals surface area contributed by atoms with Gasteiger partial charge in [-0.15, -0.1) is 0 Å². The van der Waals surface area contributed by atoms with Crippen molar-refractivity contribution in [2.24, 2.45) is 5.73 Å². The van der Waals surface area contributed by atoms with Crippen LogP contribution >= 0.6 is 0 Å². The summed E-state index contributed by atoms with van der Waals surface area (Å²) in [5.41, 5.74) is 7.49. The van der Waals surface area contributed by atoms with Crippen LogP contribution in [0.1, 0.15) is 18.2 Å². The van der Waals surface area contributed by atoms with Gasteiger partial charge in [0.25, 0.3) is 0 Å². The highest BCUT2D eigenvalue weighted by molar-refractivity contribution is 5.20. The molecule has 2 heterocycles. The first-order valence-corrected chi connectivity index (χ1v) is 5.61. The minimum atomic E-state index is 0.424. The quantitative estimate of drug-likeness (QED) is 0.844. The van der Waals surface area contributed by atoms with Crippen molar-refractivity contribution >= 4 is 0 Å². The van der Waals surface area contributed by atoms with E-state index in [0.29, 0.717) is 13.2 Å². The monoisotopic (exact) mass is 232 g/mol. The Morgan fingerprint density at radius 1 is 1.47 bits per heavy atom. The topological polar surface area (TPSA) is 66.0 Å². The lowest BCUT2D eigenvalue weighted by atomic mass is 10.2. The van der Waals surface area contributed by atoms with Gasteiger partial charge in [0, 0.05) is 24.8 Å². The Kier molecular flexibility index (Phi) is 3.72. The van der Waals surface area contributed by atoms with Crippen LogP contribution in [0, 0.1) is 0 Å². The summed E-state index contributed by atoms with van der Waals surface area (Å²) >= 11 is 0. The molecule has 0 saturated heterocycles. The fraction of sp³-hybridized carbons (Fsp3) is 0.333. The third kappa shape index (κ3) is 2.82. The maximum atomic E-state index is 5.64. The molecule has 0 atom stereocenters. The summed E-state index contributed by atoms with van der Waals surface area (Å²) in [5, 5.41) is 4.14. The standard InChI is InChI=1S/C12H16N4O/c1-2-16-8-11(7-15-16)17-9-10-4-3-5-14-12(10)6-13/h3-5,7-8H,2,6,9,13H2,1H3. The van der Waals surface area contributed by atoms with Crippen molar-refractivity contribution in [1.29, 1.82) is 0 Å². The van der Waals surface area contributed by atoms with Gasteiger partial charge in [-0.2, -0.15) is 5.10 Å². The smallest absolute Gasteiger partial charge is 0.157 e. The summed E-state index contributed by atoms with van der Waals surface area (Å²) in [6.45, 7) is 3.76. The average molecular weight is 232 g/mol. The molecule has 0 aliphatic heterocycles. The van der Waals surface area contributed by atoms with Crippen molar-refractivity contribution in [3.05, 3.63) is 42.0 Å². The lowest BCUT2D eigenvalue weighted by Crippen LogP contribution is -2.06. The molecule has 2 N–H and O–H groups in total. The highest BCUT2D eigenvalue weighted by atomic mass is 16.5. The third-order valence-electron chi connectivity index (χ3n) is 2.51. The highest BCUT2D eigenvalue weighted by Crippen LogP contribution is 2.12. The van der Waals surface area contributed by atoms with E-state index < -0.39 is 0 Å². The van der Waals surface area contributed by atoms with Crippen molar-refractivity contribution in [2.75, 3.05) is 0 Å². The van der Waals surface area contributed by atoms with Crippen LogP contribution in [0.15, 0.2) is 30.7 Å². The van der Waals surface area contributed by atoms with Gasteiger partial charge in [-0.25, -0.2) is 0 Å². The Morgan fingerprint density at radius 3 is 3.06 bits per heavy atom. The Bertz CT molecular complexity index is 481. The molecule has 0 aliphatic carbocycles. The molecule has 0 radical (unpaired) electrons. The van der Waals surface area contributed by atoms with Gasteiger partial charge in [0.05, 0.1) is 18.1 Å². The fourth-order valence-electron chi connectivity index (χ4n) is 1.54. The number of rotatable bonds is 5. The molecule has 0 unspecified atom stereocenters.